The van der Waals surface area contributed by atoms with Gasteiger partial charge in [0.1, 0.15) is 6.04 Å². The van der Waals surface area contributed by atoms with E-state index in [2.05, 4.69) is 4.74 Å². The molecule has 0 amide bonds. The largest absolute Gasteiger partial charge is 0.468 e. The number of esters is 1. The van der Waals surface area contributed by atoms with Gasteiger partial charge in [0.15, 0.2) is 0 Å². The number of rotatable bonds is 3. The number of benzene rings is 1. The number of nitrogen functional groups attached to an aromatic ring is 1. The first-order valence-corrected chi connectivity index (χ1v) is 8.26. The van der Waals surface area contributed by atoms with Crippen molar-refractivity contribution in [3.05, 3.63) is 22.7 Å². The Hall–Kier alpha value is -1.31. The molecule has 1 atom stereocenters. The van der Waals surface area contributed by atoms with Crippen LogP contribution in [0.25, 0.3) is 0 Å². The van der Waals surface area contributed by atoms with E-state index in [9.17, 15) is 13.2 Å². The number of hydrogen-bond acceptors (Lipinski definition) is 5. The van der Waals surface area contributed by atoms with E-state index in [4.69, 9.17) is 17.3 Å². The Morgan fingerprint density at radius 1 is 1.48 bits per heavy atom. The molecule has 0 aliphatic carbocycles. The lowest BCUT2D eigenvalue weighted by molar-refractivity contribution is -0.144. The van der Waals surface area contributed by atoms with E-state index in [1.165, 1.54) is 23.5 Å². The van der Waals surface area contributed by atoms with Gasteiger partial charge >= 0.3 is 5.97 Å². The van der Waals surface area contributed by atoms with Crippen molar-refractivity contribution in [3.8, 4) is 0 Å². The van der Waals surface area contributed by atoms with Gasteiger partial charge in [0.2, 0.25) is 10.0 Å². The fourth-order valence-electron chi connectivity index (χ4n) is 2.47. The summed E-state index contributed by atoms with van der Waals surface area (Å²) >= 11 is 5.89. The molecule has 2 N–H and O–H groups in total. The summed E-state index contributed by atoms with van der Waals surface area (Å²) in [6, 6.07) is 2.06. The molecular weight excluding hydrogens is 316 g/mol. The van der Waals surface area contributed by atoms with Crippen LogP contribution >= 0.6 is 11.6 Å². The second kappa shape index (κ2) is 5.82. The fraction of sp³-hybridized carbons (Fsp3) is 0.462. The second-order valence-corrected chi connectivity index (χ2v) is 7.20. The van der Waals surface area contributed by atoms with Crippen LogP contribution in [0.4, 0.5) is 5.69 Å². The van der Waals surface area contributed by atoms with Crippen molar-refractivity contribution in [1.82, 2.24) is 4.31 Å². The second-order valence-electron chi connectivity index (χ2n) is 4.94. The maximum Gasteiger partial charge on any atom is 0.324 e. The first kappa shape index (κ1) is 16.1. The molecule has 0 radical (unpaired) electrons. The van der Waals surface area contributed by atoms with Crippen LogP contribution in [-0.4, -0.2) is 38.4 Å². The normalized spacial score (nSPS) is 19.7. The average molecular weight is 333 g/mol. The molecule has 1 heterocycles. The molecule has 8 heteroatoms. The topological polar surface area (TPSA) is 89.7 Å². The predicted octanol–water partition coefficient (Wildman–Crippen LogP) is 1.56. The highest BCUT2D eigenvalue weighted by molar-refractivity contribution is 7.89. The monoisotopic (exact) mass is 332 g/mol. The summed E-state index contributed by atoms with van der Waals surface area (Å²) in [5.41, 5.74) is 6.38. The third-order valence-corrected chi connectivity index (χ3v) is 5.94. The SMILES string of the molecule is COC(=O)C1CCCN1S(=O)(=O)c1cc(N)c(Cl)cc1C. The Morgan fingerprint density at radius 3 is 2.76 bits per heavy atom. The predicted molar refractivity (Wildman–Crippen MR) is 79.5 cm³/mol. The lowest BCUT2D eigenvalue weighted by Crippen LogP contribution is -2.41. The molecule has 2 rings (SSSR count). The lowest BCUT2D eigenvalue weighted by Gasteiger charge is -2.23. The molecule has 0 spiro atoms. The van der Waals surface area contributed by atoms with Gasteiger partial charge in [-0.2, -0.15) is 4.31 Å². The molecule has 1 aromatic rings. The maximum absolute atomic E-state index is 12.8. The van der Waals surface area contributed by atoms with Gasteiger partial charge in [0.25, 0.3) is 0 Å². The van der Waals surface area contributed by atoms with E-state index in [0.717, 1.165) is 0 Å². The Bertz CT molecular complexity index is 675. The van der Waals surface area contributed by atoms with E-state index >= 15 is 0 Å². The Kier molecular flexibility index (Phi) is 4.46. The molecule has 1 fully saturated rings. The highest BCUT2D eigenvalue weighted by Crippen LogP contribution is 2.32. The summed E-state index contributed by atoms with van der Waals surface area (Å²) in [6.45, 7) is 1.92. The highest BCUT2D eigenvalue weighted by Gasteiger charge is 2.40. The Balaban J connectivity index is 2.47. The zero-order valence-corrected chi connectivity index (χ0v) is 13.4. The first-order chi connectivity index (χ1) is 9.78. The number of nitrogens with zero attached hydrogens (tertiary/aromatic N) is 1. The van der Waals surface area contributed by atoms with Crippen LogP contribution < -0.4 is 5.73 Å². The number of hydrogen-bond donors (Lipinski definition) is 1. The molecular formula is C13H17ClN2O4S. The summed E-state index contributed by atoms with van der Waals surface area (Å²) < 4.78 is 31.4. The number of carbonyl (C=O) groups is 1. The van der Waals surface area contributed by atoms with E-state index in [1.807, 2.05) is 0 Å². The molecule has 1 unspecified atom stereocenters. The summed E-state index contributed by atoms with van der Waals surface area (Å²) in [5.74, 6) is -0.546. The van der Waals surface area contributed by atoms with E-state index in [-0.39, 0.29) is 17.1 Å². The summed E-state index contributed by atoms with van der Waals surface area (Å²) in [6.07, 6.45) is 1.06. The summed E-state index contributed by atoms with van der Waals surface area (Å²) in [7, 11) is -2.57. The average Bonchev–Trinajstić information content (AvgIpc) is 2.91. The lowest BCUT2D eigenvalue weighted by atomic mass is 10.2. The third-order valence-electron chi connectivity index (χ3n) is 3.56. The first-order valence-electron chi connectivity index (χ1n) is 6.44. The van der Waals surface area contributed by atoms with Crippen molar-refractivity contribution in [2.24, 2.45) is 0 Å². The van der Waals surface area contributed by atoms with Gasteiger partial charge in [-0.05, 0) is 37.5 Å². The van der Waals surface area contributed by atoms with Crippen LogP contribution in [0.5, 0.6) is 0 Å². The van der Waals surface area contributed by atoms with Crippen molar-refractivity contribution in [1.29, 1.82) is 0 Å². The van der Waals surface area contributed by atoms with Gasteiger partial charge in [-0.15, -0.1) is 0 Å². The molecule has 1 aliphatic rings. The smallest absolute Gasteiger partial charge is 0.324 e. The Morgan fingerprint density at radius 2 is 2.14 bits per heavy atom. The van der Waals surface area contributed by atoms with Gasteiger partial charge in [-0.1, -0.05) is 11.6 Å². The number of anilines is 1. The third kappa shape index (κ3) is 2.86. The van der Waals surface area contributed by atoms with Crippen molar-refractivity contribution in [3.63, 3.8) is 0 Å². The minimum Gasteiger partial charge on any atom is -0.468 e. The summed E-state index contributed by atoms with van der Waals surface area (Å²) in [5, 5.41) is 0.303. The number of aryl methyl sites for hydroxylation is 1. The van der Waals surface area contributed by atoms with Gasteiger partial charge < -0.3 is 10.5 Å². The molecule has 1 aromatic carbocycles. The molecule has 0 aromatic heterocycles. The maximum atomic E-state index is 12.8. The van der Waals surface area contributed by atoms with Crippen molar-refractivity contribution >= 4 is 33.3 Å². The van der Waals surface area contributed by atoms with E-state index in [1.54, 1.807) is 6.92 Å². The van der Waals surface area contributed by atoms with Crippen LogP contribution in [0.3, 0.4) is 0 Å². The van der Waals surface area contributed by atoms with Crippen LogP contribution in [0.1, 0.15) is 18.4 Å². The number of sulfonamides is 1. The zero-order chi connectivity index (χ0) is 15.8. The number of carbonyl (C=O) groups excluding carboxylic acids is 1. The zero-order valence-electron chi connectivity index (χ0n) is 11.8. The minimum absolute atomic E-state index is 0.0696. The van der Waals surface area contributed by atoms with Gasteiger partial charge in [-0.25, -0.2) is 8.42 Å². The van der Waals surface area contributed by atoms with Crippen LogP contribution in [0.2, 0.25) is 5.02 Å². The minimum atomic E-state index is -3.82. The molecule has 21 heavy (non-hydrogen) atoms. The van der Waals surface area contributed by atoms with Crippen molar-refractivity contribution in [2.75, 3.05) is 19.4 Å². The number of methoxy groups -OCH3 is 1. The number of ether oxygens (including phenoxy) is 1. The van der Waals surface area contributed by atoms with Crippen molar-refractivity contribution < 1.29 is 17.9 Å². The molecule has 0 bridgehead atoms. The number of nitrogens with two attached hydrogens (primary N) is 1. The molecule has 1 aliphatic heterocycles. The highest BCUT2D eigenvalue weighted by atomic mass is 35.5. The van der Waals surface area contributed by atoms with Gasteiger partial charge in [-0.3, -0.25) is 4.79 Å². The molecule has 1 saturated heterocycles. The van der Waals surface area contributed by atoms with Crippen molar-refractivity contribution in [2.45, 2.75) is 30.7 Å². The molecule has 6 nitrogen and oxygen atoms in total. The number of halogens is 1. The van der Waals surface area contributed by atoms with Gasteiger partial charge in [0, 0.05) is 6.54 Å². The van der Waals surface area contributed by atoms with Crippen LogP contribution in [0, 0.1) is 6.92 Å². The van der Waals surface area contributed by atoms with Crippen LogP contribution in [-0.2, 0) is 19.6 Å². The Labute approximate surface area is 128 Å². The molecule has 116 valence electrons. The quantitative estimate of drug-likeness (QED) is 0.670. The standard InChI is InChI=1S/C13H17ClN2O4S/c1-8-6-9(14)10(15)7-12(8)21(18,19)16-5-3-4-11(16)13(17)20-2/h6-7,11H,3-5,15H2,1-2H3. The van der Waals surface area contributed by atoms with E-state index < -0.39 is 22.0 Å². The van der Waals surface area contributed by atoms with E-state index in [0.29, 0.717) is 23.4 Å². The van der Waals surface area contributed by atoms with Crippen LogP contribution in [0.15, 0.2) is 17.0 Å². The molecule has 0 saturated carbocycles. The summed E-state index contributed by atoms with van der Waals surface area (Å²) in [4.78, 5) is 11.8. The van der Waals surface area contributed by atoms with Gasteiger partial charge in [0.05, 0.1) is 22.7 Å². The fourth-order valence-corrected chi connectivity index (χ4v) is 4.58.